The first-order valence-corrected chi connectivity index (χ1v) is 13.2. The van der Waals surface area contributed by atoms with Gasteiger partial charge in [0.1, 0.15) is 5.75 Å². The molecule has 0 spiro atoms. The molecule has 0 bridgehead atoms. The monoisotopic (exact) mass is 498 g/mol. The molecular formula is C27H35ClN4O3. The number of hydrogen-bond donors (Lipinski definition) is 0. The van der Waals surface area contributed by atoms with Gasteiger partial charge in [-0.05, 0) is 67.6 Å². The summed E-state index contributed by atoms with van der Waals surface area (Å²) < 4.78 is 11.1. The third-order valence-electron chi connectivity index (χ3n) is 7.74. The van der Waals surface area contributed by atoms with Crippen LogP contribution in [0.5, 0.6) is 5.75 Å². The Morgan fingerprint density at radius 1 is 1.14 bits per heavy atom. The molecule has 0 unspecified atom stereocenters. The molecule has 188 valence electrons. The Bertz CT molecular complexity index is 1010. The number of benzene rings is 1. The van der Waals surface area contributed by atoms with E-state index in [-0.39, 0.29) is 5.91 Å². The molecule has 1 aliphatic carbocycles. The molecule has 1 aromatic heterocycles. The van der Waals surface area contributed by atoms with Gasteiger partial charge in [-0.15, -0.1) is 0 Å². The molecule has 35 heavy (non-hydrogen) atoms. The number of halogens is 1. The number of piperidine rings is 1. The molecule has 3 heterocycles. The number of rotatable bonds is 10. The Morgan fingerprint density at radius 3 is 2.57 bits per heavy atom. The van der Waals surface area contributed by atoms with E-state index in [2.05, 4.69) is 14.9 Å². The fourth-order valence-electron chi connectivity index (χ4n) is 5.39. The van der Waals surface area contributed by atoms with Gasteiger partial charge in [-0.2, -0.15) is 0 Å². The summed E-state index contributed by atoms with van der Waals surface area (Å²) in [6, 6.07) is 5.72. The van der Waals surface area contributed by atoms with Crippen LogP contribution < -0.4 is 9.64 Å². The van der Waals surface area contributed by atoms with Crippen molar-refractivity contribution in [3.05, 3.63) is 46.7 Å². The standard InChI is InChI=1S/C27H35ClN4O3/c1-34-18-19-16-29-27(30-17-19)32-10-5-20(6-11-32)24-13-21(24)7-12-35-23-4-3-22(25(28)15-23)14-26(33)31-8-2-9-31/h3-4,15-17,20-21,24H,2,5-14,18H2,1H3/t21-,24-/m0/s1. The number of hydrogen-bond acceptors (Lipinski definition) is 6. The quantitative estimate of drug-likeness (QED) is 0.484. The minimum absolute atomic E-state index is 0.157. The number of aromatic nitrogens is 2. The Balaban J connectivity index is 1.01. The fourth-order valence-corrected chi connectivity index (χ4v) is 5.63. The van der Waals surface area contributed by atoms with Crippen molar-refractivity contribution in [1.82, 2.24) is 14.9 Å². The summed E-state index contributed by atoms with van der Waals surface area (Å²) in [6.45, 7) is 5.06. The van der Waals surface area contributed by atoms with Crippen molar-refractivity contribution in [2.45, 2.75) is 45.1 Å². The first-order valence-electron chi connectivity index (χ1n) is 12.8. The SMILES string of the molecule is COCc1cnc(N2CCC([C@@H]3C[C@@H]3CCOc3ccc(CC(=O)N4CCC4)c(Cl)c3)CC2)nc1. The van der Waals surface area contributed by atoms with Gasteiger partial charge in [0.05, 0.1) is 19.6 Å². The van der Waals surface area contributed by atoms with Crippen LogP contribution in [0, 0.1) is 17.8 Å². The molecule has 2 aromatic rings. The van der Waals surface area contributed by atoms with Crippen molar-refractivity contribution < 1.29 is 14.3 Å². The zero-order valence-corrected chi connectivity index (χ0v) is 21.3. The Morgan fingerprint density at radius 2 is 1.91 bits per heavy atom. The maximum absolute atomic E-state index is 12.2. The summed E-state index contributed by atoms with van der Waals surface area (Å²) in [5.74, 6) is 4.16. The summed E-state index contributed by atoms with van der Waals surface area (Å²) >= 11 is 6.43. The first kappa shape index (κ1) is 24.3. The smallest absolute Gasteiger partial charge is 0.227 e. The first-order chi connectivity index (χ1) is 17.1. The normalized spacial score (nSPS) is 22.1. The van der Waals surface area contributed by atoms with Gasteiger partial charge < -0.3 is 19.3 Å². The third-order valence-corrected chi connectivity index (χ3v) is 8.09. The molecule has 5 rings (SSSR count). The second-order valence-electron chi connectivity index (χ2n) is 10.1. The van der Waals surface area contributed by atoms with E-state index < -0.39 is 0 Å². The van der Waals surface area contributed by atoms with E-state index in [1.165, 1.54) is 19.3 Å². The molecule has 2 atom stereocenters. The third kappa shape index (κ3) is 6.07. The van der Waals surface area contributed by atoms with Crippen molar-refractivity contribution in [2.75, 3.05) is 44.8 Å². The summed E-state index contributed by atoms with van der Waals surface area (Å²) in [4.78, 5) is 25.4. The van der Waals surface area contributed by atoms with Crippen molar-refractivity contribution >= 4 is 23.5 Å². The van der Waals surface area contributed by atoms with Gasteiger partial charge in [0.2, 0.25) is 11.9 Å². The van der Waals surface area contributed by atoms with Crippen LogP contribution in [-0.4, -0.2) is 60.7 Å². The van der Waals surface area contributed by atoms with Crippen molar-refractivity contribution in [3.63, 3.8) is 0 Å². The molecule has 1 saturated carbocycles. The van der Waals surface area contributed by atoms with Crippen LogP contribution in [0.4, 0.5) is 5.95 Å². The topological polar surface area (TPSA) is 67.8 Å². The zero-order valence-electron chi connectivity index (χ0n) is 20.5. The number of likely N-dealkylation sites (tertiary alicyclic amines) is 1. The number of amides is 1. The summed E-state index contributed by atoms with van der Waals surface area (Å²) in [7, 11) is 1.68. The number of carbonyl (C=O) groups is 1. The summed E-state index contributed by atoms with van der Waals surface area (Å²) in [5.41, 5.74) is 1.88. The second-order valence-corrected chi connectivity index (χ2v) is 10.5. The van der Waals surface area contributed by atoms with E-state index in [9.17, 15) is 4.79 Å². The Labute approximate surface area is 212 Å². The Hall–Kier alpha value is -2.38. The summed E-state index contributed by atoms with van der Waals surface area (Å²) in [5, 5.41) is 0.616. The van der Waals surface area contributed by atoms with E-state index in [1.54, 1.807) is 7.11 Å². The molecular weight excluding hydrogens is 464 g/mol. The molecule has 7 nitrogen and oxygen atoms in total. The number of nitrogens with zero attached hydrogens (tertiary/aromatic N) is 4. The molecule has 1 aromatic carbocycles. The molecule has 3 aliphatic rings. The molecule has 0 radical (unpaired) electrons. The van der Waals surface area contributed by atoms with Crippen LogP contribution in [0.1, 0.15) is 43.2 Å². The summed E-state index contributed by atoms with van der Waals surface area (Å²) in [6.07, 6.45) is 10.0. The van der Waals surface area contributed by atoms with E-state index in [1.807, 2.05) is 35.5 Å². The van der Waals surface area contributed by atoms with E-state index in [0.29, 0.717) is 24.7 Å². The van der Waals surface area contributed by atoms with E-state index >= 15 is 0 Å². The van der Waals surface area contributed by atoms with Gasteiger partial charge in [0.15, 0.2) is 0 Å². The predicted molar refractivity (Wildman–Crippen MR) is 136 cm³/mol. The maximum Gasteiger partial charge on any atom is 0.227 e. The van der Waals surface area contributed by atoms with Crippen LogP contribution in [0.3, 0.4) is 0 Å². The molecule has 1 amide bonds. The highest BCUT2D eigenvalue weighted by molar-refractivity contribution is 6.31. The van der Waals surface area contributed by atoms with Crippen molar-refractivity contribution in [2.24, 2.45) is 17.8 Å². The van der Waals surface area contributed by atoms with Gasteiger partial charge in [-0.3, -0.25) is 4.79 Å². The highest BCUT2D eigenvalue weighted by Gasteiger charge is 2.43. The second kappa shape index (κ2) is 11.1. The highest BCUT2D eigenvalue weighted by atomic mass is 35.5. The highest BCUT2D eigenvalue weighted by Crippen LogP contribution is 2.49. The van der Waals surface area contributed by atoms with Crippen LogP contribution in [0.25, 0.3) is 0 Å². The van der Waals surface area contributed by atoms with Gasteiger partial charge in [0, 0.05) is 56.3 Å². The van der Waals surface area contributed by atoms with Crippen LogP contribution in [0.15, 0.2) is 30.6 Å². The molecule has 2 saturated heterocycles. The van der Waals surface area contributed by atoms with Crippen molar-refractivity contribution in [1.29, 1.82) is 0 Å². The fraction of sp³-hybridized carbons (Fsp3) is 0.593. The molecule has 0 N–H and O–H groups in total. The lowest BCUT2D eigenvalue weighted by molar-refractivity contribution is -0.133. The van der Waals surface area contributed by atoms with E-state index in [0.717, 1.165) is 79.6 Å². The minimum Gasteiger partial charge on any atom is -0.494 e. The van der Waals surface area contributed by atoms with Crippen LogP contribution in [-0.2, 0) is 22.6 Å². The average Bonchev–Trinajstić information content (AvgIpc) is 3.60. The van der Waals surface area contributed by atoms with Gasteiger partial charge in [0.25, 0.3) is 0 Å². The predicted octanol–water partition coefficient (Wildman–Crippen LogP) is 4.37. The largest absolute Gasteiger partial charge is 0.494 e. The lowest BCUT2D eigenvalue weighted by Gasteiger charge is -2.32. The minimum atomic E-state index is 0.157. The number of ether oxygens (including phenoxy) is 2. The lowest BCUT2D eigenvalue weighted by Crippen LogP contribution is -2.42. The van der Waals surface area contributed by atoms with Crippen LogP contribution >= 0.6 is 11.6 Å². The van der Waals surface area contributed by atoms with Gasteiger partial charge in [-0.25, -0.2) is 9.97 Å². The number of methoxy groups -OCH3 is 1. The van der Waals surface area contributed by atoms with Crippen molar-refractivity contribution in [3.8, 4) is 5.75 Å². The molecule has 2 aliphatic heterocycles. The maximum atomic E-state index is 12.2. The Kier molecular flexibility index (Phi) is 7.73. The molecule has 3 fully saturated rings. The van der Waals surface area contributed by atoms with E-state index in [4.69, 9.17) is 21.1 Å². The lowest BCUT2D eigenvalue weighted by atomic mass is 9.90. The van der Waals surface area contributed by atoms with Gasteiger partial charge in [-0.1, -0.05) is 17.7 Å². The van der Waals surface area contributed by atoms with Crippen LogP contribution in [0.2, 0.25) is 5.02 Å². The number of carbonyl (C=O) groups excluding carboxylic acids is 1. The van der Waals surface area contributed by atoms with Gasteiger partial charge >= 0.3 is 0 Å². The zero-order chi connectivity index (χ0) is 24.2. The number of anilines is 1. The average molecular weight is 499 g/mol. The molecule has 8 heteroatoms.